The highest BCUT2D eigenvalue weighted by Gasteiger charge is 2.12. The lowest BCUT2D eigenvalue weighted by Crippen LogP contribution is -2.11. The van der Waals surface area contributed by atoms with Gasteiger partial charge in [-0.3, -0.25) is 10.1 Å². The standard InChI is InChI=1S/C18H12F2N4OS/c19-13-7-15-16(8-14(13)20)26-18(22-15)23-17(25)12-3-1-11(2-4-12)9-24-6-5-21-10-24/h1-8,10H,9H2,(H,22,23,25). The molecule has 1 amide bonds. The smallest absolute Gasteiger partial charge is 0.257 e. The second kappa shape index (κ2) is 6.64. The van der Waals surface area contributed by atoms with Crippen LogP contribution in [0.3, 0.4) is 0 Å². The van der Waals surface area contributed by atoms with Crippen molar-refractivity contribution in [3.8, 4) is 0 Å². The van der Waals surface area contributed by atoms with Crippen LogP contribution in [0.5, 0.6) is 0 Å². The predicted octanol–water partition coefficient (Wildman–Crippen LogP) is 4.07. The van der Waals surface area contributed by atoms with E-state index >= 15 is 0 Å². The quantitative estimate of drug-likeness (QED) is 0.589. The van der Waals surface area contributed by atoms with Crippen molar-refractivity contribution in [2.24, 2.45) is 0 Å². The molecule has 0 saturated heterocycles. The number of nitrogens with one attached hydrogen (secondary N) is 1. The minimum absolute atomic E-state index is 0.289. The Kier molecular flexibility index (Phi) is 4.18. The van der Waals surface area contributed by atoms with Gasteiger partial charge < -0.3 is 4.57 Å². The lowest BCUT2D eigenvalue weighted by molar-refractivity contribution is 0.102. The highest BCUT2D eigenvalue weighted by atomic mass is 32.1. The van der Waals surface area contributed by atoms with Crippen molar-refractivity contribution in [2.45, 2.75) is 6.54 Å². The van der Waals surface area contributed by atoms with Crippen LogP contribution in [-0.4, -0.2) is 20.4 Å². The minimum atomic E-state index is -0.964. The number of carbonyl (C=O) groups is 1. The van der Waals surface area contributed by atoms with Crippen LogP contribution in [0.25, 0.3) is 10.2 Å². The third-order valence-electron chi connectivity index (χ3n) is 3.79. The third kappa shape index (κ3) is 3.31. The first kappa shape index (κ1) is 16.3. The average Bonchev–Trinajstić information content (AvgIpc) is 3.25. The van der Waals surface area contributed by atoms with Crippen molar-refractivity contribution < 1.29 is 13.6 Å². The first-order valence-corrected chi connectivity index (χ1v) is 8.52. The Bertz CT molecular complexity index is 1040. The van der Waals surface area contributed by atoms with Crippen LogP contribution in [0.2, 0.25) is 0 Å². The minimum Gasteiger partial charge on any atom is -0.333 e. The molecule has 0 saturated carbocycles. The molecule has 0 aliphatic heterocycles. The van der Waals surface area contributed by atoms with E-state index in [1.54, 1.807) is 24.7 Å². The molecule has 0 fully saturated rings. The number of thiazole rings is 1. The summed E-state index contributed by atoms with van der Waals surface area (Å²) in [4.78, 5) is 20.4. The molecule has 26 heavy (non-hydrogen) atoms. The zero-order chi connectivity index (χ0) is 18.1. The molecule has 0 aliphatic carbocycles. The van der Waals surface area contributed by atoms with Crippen LogP contribution in [-0.2, 0) is 6.54 Å². The van der Waals surface area contributed by atoms with Gasteiger partial charge in [0.15, 0.2) is 16.8 Å². The lowest BCUT2D eigenvalue weighted by atomic mass is 10.1. The summed E-state index contributed by atoms with van der Waals surface area (Å²) in [6.07, 6.45) is 5.29. The number of amides is 1. The van der Waals surface area contributed by atoms with Crippen molar-refractivity contribution in [3.63, 3.8) is 0 Å². The Morgan fingerprint density at radius 1 is 1.15 bits per heavy atom. The summed E-state index contributed by atoms with van der Waals surface area (Å²) in [5, 5.41) is 2.95. The van der Waals surface area contributed by atoms with Gasteiger partial charge in [0.2, 0.25) is 0 Å². The fourth-order valence-corrected chi connectivity index (χ4v) is 3.37. The summed E-state index contributed by atoms with van der Waals surface area (Å²) in [7, 11) is 0. The molecule has 1 N–H and O–H groups in total. The highest BCUT2D eigenvalue weighted by molar-refractivity contribution is 7.22. The first-order chi connectivity index (χ1) is 12.6. The molecule has 5 nitrogen and oxygen atoms in total. The Hall–Kier alpha value is -3.13. The molecule has 0 bridgehead atoms. The van der Waals surface area contributed by atoms with Crippen molar-refractivity contribution >= 4 is 32.6 Å². The number of rotatable bonds is 4. The van der Waals surface area contributed by atoms with Gasteiger partial charge in [0, 0.05) is 30.6 Å². The zero-order valence-corrected chi connectivity index (χ0v) is 14.1. The second-order valence-corrected chi connectivity index (χ2v) is 6.67. The number of nitrogens with zero attached hydrogens (tertiary/aromatic N) is 3. The number of imidazole rings is 1. The molecule has 4 aromatic rings. The lowest BCUT2D eigenvalue weighted by Gasteiger charge is -2.05. The van der Waals surface area contributed by atoms with Gasteiger partial charge in [-0.15, -0.1) is 0 Å². The Morgan fingerprint density at radius 3 is 2.65 bits per heavy atom. The van der Waals surface area contributed by atoms with Gasteiger partial charge in [-0.05, 0) is 23.8 Å². The van der Waals surface area contributed by atoms with Crippen LogP contribution in [0.1, 0.15) is 15.9 Å². The van der Waals surface area contributed by atoms with Crippen molar-refractivity contribution in [3.05, 3.63) is 77.9 Å². The monoisotopic (exact) mass is 370 g/mol. The van der Waals surface area contributed by atoms with Gasteiger partial charge in [0.1, 0.15) is 0 Å². The number of benzene rings is 2. The van der Waals surface area contributed by atoms with Crippen LogP contribution < -0.4 is 5.32 Å². The number of carbonyl (C=O) groups excluding carboxylic acids is 1. The highest BCUT2D eigenvalue weighted by Crippen LogP contribution is 2.28. The molecule has 2 heterocycles. The summed E-state index contributed by atoms with van der Waals surface area (Å²) in [5.74, 6) is -2.24. The molecule has 0 aliphatic rings. The van der Waals surface area contributed by atoms with E-state index in [1.807, 2.05) is 22.9 Å². The molecule has 0 radical (unpaired) electrons. The summed E-state index contributed by atoms with van der Waals surface area (Å²) >= 11 is 1.09. The van der Waals surface area contributed by atoms with E-state index in [2.05, 4.69) is 15.3 Å². The van der Waals surface area contributed by atoms with Crippen LogP contribution in [0.15, 0.2) is 55.1 Å². The average molecular weight is 370 g/mol. The van der Waals surface area contributed by atoms with Gasteiger partial charge in [-0.2, -0.15) is 0 Å². The molecular weight excluding hydrogens is 358 g/mol. The van der Waals surface area contributed by atoms with E-state index in [9.17, 15) is 13.6 Å². The predicted molar refractivity (Wildman–Crippen MR) is 95.3 cm³/mol. The number of halogens is 2. The molecule has 130 valence electrons. The number of hydrogen-bond donors (Lipinski definition) is 1. The Morgan fingerprint density at radius 2 is 1.92 bits per heavy atom. The van der Waals surface area contributed by atoms with Gasteiger partial charge in [-0.1, -0.05) is 23.5 Å². The Balaban J connectivity index is 1.49. The molecule has 2 aromatic carbocycles. The molecule has 0 spiro atoms. The normalized spacial score (nSPS) is 11.0. The van der Waals surface area contributed by atoms with Crippen molar-refractivity contribution in [2.75, 3.05) is 5.32 Å². The van der Waals surface area contributed by atoms with E-state index in [0.29, 0.717) is 22.3 Å². The van der Waals surface area contributed by atoms with Crippen LogP contribution in [0.4, 0.5) is 13.9 Å². The van der Waals surface area contributed by atoms with E-state index in [-0.39, 0.29) is 11.0 Å². The van der Waals surface area contributed by atoms with Crippen LogP contribution in [0, 0.1) is 11.6 Å². The molecule has 4 rings (SSSR count). The van der Waals surface area contributed by atoms with Gasteiger partial charge in [0.05, 0.1) is 16.5 Å². The number of hydrogen-bond acceptors (Lipinski definition) is 4. The largest absolute Gasteiger partial charge is 0.333 e. The fraction of sp³-hybridized carbons (Fsp3) is 0.0556. The maximum Gasteiger partial charge on any atom is 0.257 e. The van der Waals surface area contributed by atoms with Crippen molar-refractivity contribution in [1.82, 2.24) is 14.5 Å². The maximum absolute atomic E-state index is 13.3. The van der Waals surface area contributed by atoms with E-state index in [0.717, 1.165) is 29.0 Å². The molecule has 0 atom stereocenters. The zero-order valence-electron chi connectivity index (χ0n) is 13.3. The molecule has 0 unspecified atom stereocenters. The molecule has 8 heteroatoms. The van der Waals surface area contributed by atoms with Gasteiger partial charge >= 0.3 is 0 Å². The topological polar surface area (TPSA) is 59.8 Å². The second-order valence-electron chi connectivity index (χ2n) is 5.64. The Labute approximate surface area is 150 Å². The summed E-state index contributed by atoms with van der Waals surface area (Å²) in [6.45, 7) is 0.664. The maximum atomic E-state index is 13.3. The third-order valence-corrected chi connectivity index (χ3v) is 4.73. The van der Waals surface area contributed by atoms with Gasteiger partial charge in [0.25, 0.3) is 5.91 Å². The fourth-order valence-electron chi connectivity index (χ4n) is 2.50. The van der Waals surface area contributed by atoms with E-state index in [4.69, 9.17) is 0 Å². The van der Waals surface area contributed by atoms with Gasteiger partial charge in [-0.25, -0.2) is 18.7 Å². The summed E-state index contributed by atoms with van der Waals surface area (Å²) in [6, 6.07) is 9.24. The number of fused-ring (bicyclic) bond motifs is 1. The van der Waals surface area contributed by atoms with Crippen LogP contribution >= 0.6 is 11.3 Å². The first-order valence-electron chi connectivity index (χ1n) is 7.70. The summed E-state index contributed by atoms with van der Waals surface area (Å²) in [5.41, 5.74) is 1.81. The number of anilines is 1. The number of aromatic nitrogens is 3. The SMILES string of the molecule is O=C(Nc1nc2cc(F)c(F)cc2s1)c1ccc(Cn2ccnc2)cc1. The molecule has 2 aromatic heterocycles. The molecular formula is C18H12F2N4OS. The van der Waals surface area contributed by atoms with E-state index in [1.165, 1.54) is 0 Å². The van der Waals surface area contributed by atoms with Crippen molar-refractivity contribution in [1.29, 1.82) is 0 Å². The van der Waals surface area contributed by atoms with E-state index < -0.39 is 11.6 Å². The summed E-state index contributed by atoms with van der Waals surface area (Å²) < 4.78 is 28.9.